The lowest BCUT2D eigenvalue weighted by Gasteiger charge is -2.22. The number of hydrazone groups is 1. The number of nitriles is 1. The number of hydrogen-bond acceptors (Lipinski definition) is 7. The van der Waals surface area contributed by atoms with Crippen LogP contribution >= 0.6 is 11.6 Å². The van der Waals surface area contributed by atoms with Crippen molar-refractivity contribution in [2.24, 2.45) is 16.8 Å². The van der Waals surface area contributed by atoms with Gasteiger partial charge >= 0.3 is 0 Å². The summed E-state index contributed by atoms with van der Waals surface area (Å²) in [4.78, 5) is 14.8. The van der Waals surface area contributed by atoms with Crippen LogP contribution in [0.5, 0.6) is 0 Å². The number of anilines is 1. The van der Waals surface area contributed by atoms with Gasteiger partial charge < -0.3 is 21.1 Å². The zero-order valence-electron chi connectivity index (χ0n) is 21.5. The fourth-order valence-electron chi connectivity index (χ4n) is 3.63. The second-order valence-corrected chi connectivity index (χ2v) is 8.57. The van der Waals surface area contributed by atoms with Crippen molar-refractivity contribution in [2.45, 2.75) is 46.0 Å². The number of hydrogen-bond donors (Lipinski definition) is 3. The number of carbonyl (C=O) groups excluding carboxylic acids is 1. The Kier molecular flexibility index (Phi) is 16.4. The molecular formula is C27H40ClN7O. The summed E-state index contributed by atoms with van der Waals surface area (Å²) in [6.07, 6.45) is 11.1. The Hall–Kier alpha value is -3.12. The van der Waals surface area contributed by atoms with Crippen molar-refractivity contribution in [3.8, 4) is 6.07 Å². The van der Waals surface area contributed by atoms with E-state index < -0.39 is 0 Å². The molecule has 0 heterocycles. The summed E-state index contributed by atoms with van der Waals surface area (Å²) < 4.78 is 0. The highest BCUT2D eigenvalue weighted by molar-refractivity contribution is 6.26. The van der Waals surface area contributed by atoms with E-state index in [1.54, 1.807) is 11.2 Å². The molecule has 0 aliphatic rings. The van der Waals surface area contributed by atoms with Crippen molar-refractivity contribution in [2.75, 3.05) is 37.7 Å². The highest BCUT2D eigenvalue weighted by Crippen LogP contribution is 2.13. The lowest BCUT2D eigenvalue weighted by Crippen LogP contribution is -2.32. The van der Waals surface area contributed by atoms with E-state index in [1.165, 1.54) is 5.54 Å². The molecule has 0 radical (unpaired) electrons. The molecule has 5 N–H and O–H groups in total. The summed E-state index contributed by atoms with van der Waals surface area (Å²) in [5.41, 5.74) is 4.62. The number of benzene rings is 1. The molecule has 0 spiro atoms. The van der Waals surface area contributed by atoms with Crippen LogP contribution in [-0.4, -0.2) is 49.7 Å². The monoisotopic (exact) mass is 513 g/mol. The van der Waals surface area contributed by atoms with Gasteiger partial charge in [0, 0.05) is 37.8 Å². The fourth-order valence-corrected chi connectivity index (χ4v) is 3.74. The quantitative estimate of drug-likeness (QED) is 0.0722. The van der Waals surface area contributed by atoms with Gasteiger partial charge in [0.15, 0.2) is 0 Å². The van der Waals surface area contributed by atoms with Gasteiger partial charge in [-0.3, -0.25) is 4.79 Å². The molecule has 0 aliphatic heterocycles. The second-order valence-electron chi connectivity index (χ2n) is 8.35. The molecule has 0 unspecified atom stereocenters. The van der Waals surface area contributed by atoms with Crippen LogP contribution in [0.2, 0.25) is 0 Å². The third-order valence-electron chi connectivity index (χ3n) is 5.44. The molecule has 1 aromatic carbocycles. The summed E-state index contributed by atoms with van der Waals surface area (Å²) in [6.45, 7) is 8.10. The average Bonchev–Trinajstić information content (AvgIpc) is 2.88. The van der Waals surface area contributed by atoms with Gasteiger partial charge in [-0.05, 0) is 68.6 Å². The molecular weight excluding hydrogens is 474 g/mol. The summed E-state index contributed by atoms with van der Waals surface area (Å²) >= 11 is 5.71. The number of nitrogens with zero attached hydrogens (tertiary/aromatic N) is 4. The number of nitrogens with two attached hydrogens (primary N) is 2. The molecule has 0 fully saturated rings. The van der Waals surface area contributed by atoms with Gasteiger partial charge in [-0.2, -0.15) is 10.4 Å². The Balaban J connectivity index is 2.46. The molecule has 1 rings (SSSR count). The van der Waals surface area contributed by atoms with Crippen LogP contribution in [-0.2, 0) is 11.2 Å². The Morgan fingerprint density at radius 2 is 1.97 bits per heavy atom. The van der Waals surface area contributed by atoms with Crippen molar-refractivity contribution in [1.82, 2.24) is 10.2 Å². The predicted molar refractivity (Wildman–Crippen MR) is 150 cm³/mol. The third-order valence-corrected chi connectivity index (χ3v) is 5.67. The molecule has 36 heavy (non-hydrogen) atoms. The van der Waals surface area contributed by atoms with Crippen LogP contribution in [0.4, 0.5) is 5.69 Å². The van der Waals surface area contributed by atoms with Crippen LogP contribution in [0, 0.1) is 11.3 Å². The van der Waals surface area contributed by atoms with Gasteiger partial charge in [0.2, 0.25) is 5.91 Å². The van der Waals surface area contributed by atoms with Gasteiger partial charge in [-0.15, -0.1) is 0 Å². The van der Waals surface area contributed by atoms with Crippen molar-refractivity contribution >= 4 is 29.4 Å². The normalized spacial score (nSPS) is 12.4. The Morgan fingerprint density at radius 1 is 1.22 bits per heavy atom. The maximum atomic E-state index is 12.4. The van der Waals surface area contributed by atoms with Gasteiger partial charge in [0.25, 0.3) is 0 Å². The lowest BCUT2D eigenvalue weighted by atomic mass is 10.1. The number of halogens is 1. The average molecular weight is 514 g/mol. The number of amides is 1. The highest BCUT2D eigenvalue weighted by atomic mass is 35.5. The molecule has 196 valence electrons. The first-order valence-corrected chi connectivity index (χ1v) is 12.8. The van der Waals surface area contributed by atoms with Gasteiger partial charge in [0.1, 0.15) is 6.07 Å². The van der Waals surface area contributed by atoms with E-state index in [1.807, 2.05) is 49.4 Å². The molecule has 0 saturated carbocycles. The van der Waals surface area contributed by atoms with E-state index >= 15 is 0 Å². The molecule has 0 bridgehead atoms. The lowest BCUT2D eigenvalue weighted by molar-refractivity contribution is -0.120. The largest absolute Gasteiger partial charge is 0.356 e. The molecule has 0 aliphatic carbocycles. The topological polar surface area (TPSA) is 124 Å². The van der Waals surface area contributed by atoms with Crippen molar-refractivity contribution < 1.29 is 4.79 Å². The Bertz CT molecular complexity index is 932. The summed E-state index contributed by atoms with van der Waals surface area (Å²) in [5, 5.41) is 17.2. The Morgan fingerprint density at radius 3 is 2.58 bits per heavy atom. The number of rotatable bonds is 17. The number of nitrogens with one attached hydrogen (secondary N) is 1. The van der Waals surface area contributed by atoms with E-state index in [-0.39, 0.29) is 5.91 Å². The number of hydrazine groups is 1. The second kappa shape index (κ2) is 19.1. The van der Waals surface area contributed by atoms with Gasteiger partial charge in [0.05, 0.1) is 17.7 Å². The van der Waals surface area contributed by atoms with Crippen LogP contribution in [0.3, 0.4) is 0 Å². The van der Waals surface area contributed by atoms with E-state index in [0.29, 0.717) is 31.5 Å². The first kappa shape index (κ1) is 30.9. The number of carbonyl (C=O) groups is 1. The first-order chi connectivity index (χ1) is 17.5. The van der Waals surface area contributed by atoms with Crippen LogP contribution < -0.4 is 22.0 Å². The fraction of sp³-hybridized carbons (Fsp3) is 0.444. The maximum absolute atomic E-state index is 12.4. The molecule has 8 nitrogen and oxygen atoms in total. The van der Waals surface area contributed by atoms with Crippen molar-refractivity contribution in [3.63, 3.8) is 0 Å². The van der Waals surface area contributed by atoms with E-state index in [4.69, 9.17) is 28.5 Å². The molecule has 0 aromatic heterocycles. The van der Waals surface area contributed by atoms with Gasteiger partial charge in [-0.25, -0.2) is 5.84 Å². The van der Waals surface area contributed by atoms with Crippen molar-refractivity contribution in [1.29, 1.82) is 5.26 Å². The SMILES string of the molecule is C\C=C/C(=C\C(C#N)=C\Cl)CCN(CCC)CCCNC(=O)Cc1ccc(N(N)CC/C=N\N)cc1. The van der Waals surface area contributed by atoms with Crippen LogP contribution in [0.15, 0.2) is 64.3 Å². The first-order valence-electron chi connectivity index (χ1n) is 12.3. The molecule has 9 heteroatoms. The molecule has 0 saturated heterocycles. The zero-order valence-corrected chi connectivity index (χ0v) is 22.3. The maximum Gasteiger partial charge on any atom is 0.224 e. The molecule has 0 atom stereocenters. The smallest absolute Gasteiger partial charge is 0.224 e. The summed E-state index contributed by atoms with van der Waals surface area (Å²) in [6, 6.07) is 9.74. The third kappa shape index (κ3) is 13.1. The highest BCUT2D eigenvalue weighted by Gasteiger charge is 2.08. The van der Waals surface area contributed by atoms with Crippen LogP contribution in [0.25, 0.3) is 0 Å². The summed E-state index contributed by atoms with van der Waals surface area (Å²) in [5.74, 6) is 11.1. The minimum absolute atomic E-state index is 0.00347. The van der Waals surface area contributed by atoms with Crippen LogP contribution in [0.1, 0.15) is 45.1 Å². The zero-order chi connectivity index (χ0) is 26.6. The minimum atomic E-state index is 0.00347. The van der Waals surface area contributed by atoms with E-state index in [9.17, 15) is 4.79 Å². The predicted octanol–water partition coefficient (Wildman–Crippen LogP) is 4.00. The molecule has 1 aromatic rings. The van der Waals surface area contributed by atoms with Crippen molar-refractivity contribution in [3.05, 3.63) is 64.7 Å². The number of allylic oxidation sites excluding steroid dienone is 4. The van der Waals surface area contributed by atoms with Gasteiger partial charge in [-0.1, -0.05) is 42.8 Å². The minimum Gasteiger partial charge on any atom is -0.356 e. The van der Waals surface area contributed by atoms with E-state index in [2.05, 4.69) is 28.3 Å². The summed E-state index contributed by atoms with van der Waals surface area (Å²) in [7, 11) is 0. The standard InChI is InChI=1S/C27H40ClN7O/c1-3-7-23(19-25(21-28)22-29)12-18-34(15-4-2)16-5-13-32-27(36)20-24-8-10-26(11-9-24)35(31)17-6-14-33-30/h3,7-11,14,19,21H,4-6,12-13,15-18,20,30-31H2,1-2H3,(H,32,36)/b7-3-,23-19+,25-21-,33-14-. The molecule has 1 amide bonds. The Labute approximate surface area is 220 Å². The van der Waals surface area contributed by atoms with E-state index in [0.717, 1.165) is 55.7 Å².